The fourth-order valence-corrected chi connectivity index (χ4v) is 4.47. The van der Waals surface area contributed by atoms with Gasteiger partial charge in [0.1, 0.15) is 36.1 Å². The van der Waals surface area contributed by atoms with Gasteiger partial charge in [-0.25, -0.2) is 4.39 Å². The second kappa shape index (κ2) is 12.8. The molecule has 1 fully saturated rings. The standard InChI is InChI=1S/C29H27FO12/c1-14(31)36-13-24-26(38-15(2)32)27(39-16(3)33)28(40-17(4)34)29(42-24)41-18-9-10-20-23(11-18)37-12-21(25(20)35)19-7-5-6-8-22(19)30/h5-12,24,26-29H,13H2,1-4H3/t24-,26+,27-,28-,29-/m0/s1. The summed E-state index contributed by atoms with van der Waals surface area (Å²) in [6.45, 7) is 4.04. The minimum absolute atomic E-state index is 0.0221. The van der Waals surface area contributed by atoms with Crippen LogP contribution in [0.5, 0.6) is 5.75 Å². The Labute approximate surface area is 238 Å². The average molecular weight is 587 g/mol. The van der Waals surface area contributed by atoms with Crippen molar-refractivity contribution in [3.05, 3.63) is 64.8 Å². The minimum Gasteiger partial charge on any atom is -0.463 e. The van der Waals surface area contributed by atoms with E-state index in [1.807, 2.05) is 0 Å². The number of ether oxygens (including phenoxy) is 6. The van der Waals surface area contributed by atoms with Gasteiger partial charge in [-0.05, 0) is 18.2 Å². The maximum Gasteiger partial charge on any atom is 0.303 e. The number of fused-ring (bicyclic) bond motifs is 1. The van der Waals surface area contributed by atoms with Crippen LogP contribution in [-0.2, 0) is 42.9 Å². The van der Waals surface area contributed by atoms with Gasteiger partial charge in [0, 0.05) is 39.3 Å². The summed E-state index contributed by atoms with van der Waals surface area (Å²) in [4.78, 5) is 60.6. The Morgan fingerprint density at radius 2 is 1.45 bits per heavy atom. The van der Waals surface area contributed by atoms with Crippen LogP contribution in [-0.4, -0.2) is 61.2 Å². The Kier molecular flexibility index (Phi) is 9.21. The van der Waals surface area contributed by atoms with Crippen LogP contribution in [0.1, 0.15) is 27.7 Å². The largest absolute Gasteiger partial charge is 0.463 e. The smallest absolute Gasteiger partial charge is 0.303 e. The molecule has 0 aliphatic carbocycles. The van der Waals surface area contributed by atoms with E-state index in [0.717, 1.165) is 34.0 Å². The van der Waals surface area contributed by atoms with Gasteiger partial charge in [0.05, 0.1) is 10.9 Å². The van der Waals surface area contributed by atoms with Crippen molar-refractivity contribution in [1.29, 1.82) is 0 Å². The summed E-state index contributed by atoms with van der Waals surface area (Å²) in [7, 11) is 0. The van der Waals surface area contributed by atoms with Gasteiger partial charge in [-0.1, -0.05) is 18.2 Å². The Hall–Kier alpha value is -4.78. The predicted octanol–water partition coefficient (Wildman–Crippen LogP) is 3.06. The number of hydrogen-bond donors (Lipinski definition) is 0. The zero-order chi connectivity index (χ0) is 30.6. The molecule has 0 bridgehead atoms. The van der Waals surface area contributed by atoms with Crippen molar-refractivity contribution >= 4 is 34.8 Å². The number of esters is 4. The first-order valence-electron chi connectivity index (χ1n) is 12.7. The lowest BCUT2D eigenvalue weighted by atomic mass is 9.98. The van der Waals surface area contributed by atoms with Crippen molar-refractivity contribution in [2.75, 3.05) is 6.61 Å². The van der Waals surface area contributed by atoms with E-state index in [-0.39, 0.29) is 27.8 Å². The van der Waals surface area contributed by atoms with Gasteiger partial charge in [-0.15, -0.1) is 0 Å². The third kappa shape index (κ3) is 6.92. The van der Waals surface area contributed by atoms with Crippen molar-refractivity contribution in [1.82, 2.24) is 0 Å². The summed E-state index contributed by atoms with van der Waals surface area (Å²) < 4.78 is 53.0. The van der Waals surface area contributed by atoms with Gasteiger partial charge in [0.15, 0.2) is 12.2 Å². The second-order valence-corrected chi connectivity index (χ2v) is 9.30. The number of carbonyl (C=O) groups excluding carboxylic acids is 4. The van der Waals surface area contributed by atoms with Crippen molar-refractivity contribution in [2.45, 2.75) is 58.4 Å². The Morgan fingerprint density at radius 3 is 2.10 bits per heavy atom. The number of hydrogen-bond acceptors (Lipinski definition) is 12. The molecule has 222 valence electrons. The summed E-state index contributed by atoms with van der Waals surface area (Å²) in [5.41, 5.74) is -0.303. The number of benzene rings is 2. The molecule has 4 rings (SSSR count). The first kappa shape index (κ1) is 30.2. The van der Waals surface area contributed by atoms with Crippen LogP contribution in [0.3, 0.4) is 0 Å². The van der Waals surface area contributed by atoms with Crippen molar-refractivity contribution in [3.8, 4) is 16.9 Å². The highest BCUT2D eigenvalue weighted by Crippen LogP contribution is 2.32. The molecule has 1 aliphatic rings. The molecular weight excluding hydrogens is 559 g/mol. The molecule has 1 aromatic heterocycles. The maximum absolute atomic E-state index is 14.3. The lowest BCUT2D eigenvalue weighted by Gasteiger charge is -2.43. The molecule has 0 N–H and O–H groups in total. The van der Waals surface area contributed by atoms with Gasteiger partial charge >= 0.3 is 23.9 Å². The first-order chi connectivity index (χ1) is 19.9. The first-order valence-corrected chi connectivity index (χ1v) is 12.7. The third-order valence-corrected chi connectivity index (χ3v) is 6.11. The summed E-state index contributed by atoms with van der Waals surface area (Å²) in [5, 5.41) is 0.129. The maximum atomic E-state index is 14.3. The molecule has 0 saturated carbocycles. The van der Waals surface area contributed by atoms with E-state index < -0.39 is 72.4 Å². The molecule has 3 aromatic rings. The second-order valence-electron chi connectivity index (χ2n) is 9.30. The third-order valence-electron chi connectivity index (χ3n) is 6.11. The van der Waals surface area contributed by atoms with Crippen LogP contribution >= 0.6 is 0 Å². The van der Waals surface area contributed by atoms with E-state index in [0.29, 0.717) is 0 Å². The molecule has 0 amide bonds. The van der Waals surface area contributed by atoms with E-state index in [4.69, 9.17) is 32.8 Å². The molecule has 0 spiro atoms. The molecule has 0 radical (unpaired) electrons. The quantitative estimate of drug-likeness (QED) is 0.281. The molecule has 42 heavy (non-hydrogen) atoms. The number of carbonyl (C=O) groups is 4. The van der Waals surface area contributed by atoms with Gasteiger partial charge in [-0.2, -0.15) is 0 Å². The fraction of sp³-hybridized carbons (Fsp3) is 0.345. The Morgan fingerprint density at radius 1 is 0.810 bits per heavy atom. The van der Waals surface area contributed by atoms with Gasteiger partial charge in [0.25, 0.3) is 0 Å². The van der Waals surface area contributed by atoms with Gasteiger partial charge in [0.2, 0.25) is 17.8 Å². The highest BCUT2D eigenvalue weighted by Gasteiger charge is 2.53. The summed E-state index contributed by atoms with van der Waals surface area (Å²) >= 11 is 0. The summed E-state index contributed by atoms with van der Waals surface area (Å²) in [6, 6.07) is 9.92. The van der Waals surface area contributed by atoms with Crippen LogP contribution < -0.4 is 10.2 Å². The molecule has 1 aliphatic heterocycles. The van der Waals surface area contributed by atoms with Crippen LogP contribution in [0.15, 0.2) is 57.9 Å². The Balaban J connectivity index is 1.71. The monoisotopic (exact) mass is 586 g/mol. The average Bonchev–Trinajstić information content (AvgIpc) is 2.91. The summed E-state index contributed by atoms with van der Waals surface area (Å²) in [6.07, 6.45) is -5.78. The molecule has 1 saturated heterocycles. The van der Waals surface area contributed by atoms with E-state index in [2.05, 4.69) is 0 Å². The fourth-order valence-electron chi connectivity index (χ4n) is 4.47. The molecular formula is C29H27FO12. The molecule has 2 aromatic carbocycles. The zero-order valence-electron chi connectivity index (χ0n) is 23.0. The topological polar surface area (TPSA) is 154 Å². The van der Waals surface area contributed by atoms with E-state index >= 15 is 0 Å². The van der Waals surface area contributed by atoms with Crippen LogP contribution in [0, 0.1) is 5.82 Å². The van der Waals surface area contributed by atoms with Crippen molar-refractivity contribution in [2.24, 2.45) is 0 Å². The van der Waals surface area contributed by atoms with E-state index in [9.17, 15) is 28.4 Å². The molecule has 2 heterocycles. The lowest BCUT2D eigenvalue weighted by molar-refractivity contribution is -0.288. The van der Waals surface area contributed by atoms with Crippen molar-refractivity contribution in [3.63, 3.8) is 0 Å². The number of halogens is 1. The summed E-state index contributed by atoms with van der Waals surface area (Å²) in [5.74, 6) is -3.53. The predicted molar refractivity (Wildman–Crippen MR) is 140 cm³/mol. The van der Waals surface area contributed by atoms with Crippen molar-refractivity contribution < 1.29 is 56.4 Å². The molecule has 5 atom stereocenters. The van der Waals surface area contributed by atoms with Crippen LogP contribution in [0.2, 0.25) is 0 Å². The molecule has 13 heteroatoms. The normalized spacial score (nSPS) is 21.7. The molecule has 0 unspecified atom stereocenters. The zero-order valence-corrected chi connectivity index (χ0v) is 23.0. The van der Waals surface area contributed by atoms with E-state index in [1.165, 1.54) is 36.4 Å². The molecule has 12 nitrogen and oxygen atoms in total. The van der Waals surface area contributed by atoms with Crippen LogP contribution in [0.25, 0.3) is 22.1 Å². The Bertz CT molecular complexity index is 1560. The van der Waals surface area contributed by atoms with Crippen LogP contribution in [0.4, 0.5) is 4.39 Å². The highest BCUT2D eigenvalue weighted by molar-refractivity contribution is 5.82. The van der Waals surface area contributed by atoms with Gasteiger partial charge < -0.3 is 32.8 Å². The lowest BCUT2D eigenvalue weighted by Crippen LogP contribution is -2.63. The van der Waals surface area contributed by atoms with E-state index in [1.54, 1.807) is 6.07 Å². The number of rotatable bonds is 8. The highest BCUT2D eigenvalue weighted by atomic mass is 19.1. The SMILES string of the molecule is CC(=O)OC[C@@H]1O[C@H](Oc2ccc3c(=O)c(-c4ccccc4F)coc3c2)[C@@H](OC(C)=O)[C@@H](OC(C)=O)[C@@H]1OC(C)=O. The minimum atomic E-state index is -1.48. The van der Waals surface area contributed by atoms with Gasteiger partial charge in [-0.3, -0.25) is 24.0 Å².